The second-order valence-corrected chi connectivity index (χ2v) is 6.28. The largest absolute Gasteiger partial charge is 0.323 e. The average Bonchev–Trinajstić information content (AvgIpc) is 3.02. The molecule has 0 aliphatic carbocycles. The Hall–Kier alpha value is -2.27. The van der Waals surface area contributed by atoms with Crippen LogP contribution in [0.3, 0.4) is 0 Å². The standard InChI is InChI=1S/C18H20N4S/c1-3-14-9-6-7-11-16(14)19-17-20-18(22-21-17)23-12-15-10-5-4-8-13(15)2/h4-11H,3,12H2,1-2H3,(H2,19,20,21,22). The van der Waals surface area contributed by atoms with E-state index in [1.807, 2.05) is 12.1 Å². The molecule has 1 heterocycles. The van der Waals surface area contributed by atoms with Crippen molar-refractivity contribution in [3.8, 4) is 0 Å². The van der Waals surface area contributed by atoms with Crippen LogP contribution in [0.2, 0.25) is 0 Å². The number of rotatable bonds is 6. The Labute approximate surface area is 140 Å². The van der Waals surface area contributed by atoms with Crippen molar-refractivity contribution in [1.29, 1.82) is 0 Å². The van der Waals surface area contributed by atoms with Crippen LogP contribution in [-0.2, 0) is 12.2 Å². The van der Waals surface area contributed by atoms with Crippen LogP contribution in [0.15, 0.2) is 53.7 Å². The molecule has 118 valence electrons. The van der Waals surface area contributed by atoms with E-state index in [2.05, 4.69) is 70.7 Å². The van der Waals surface area contributed by atoms with E-state index in [1.165, 1.54) is 16.7 Å². The van der Waals surface area contributed by atoms with Crippen LogP contribution in [0.1, 0.15) is 23.6 Å². The average molecular weight is 324 g/mol. The van der Waals surface area contributed by atoms with Gasteiger partial charge in [0.05, 0.1) is 0 Å². The van der Waals surface area contributed by atoms with E-state index < -0.39 is 0 Å². The van der Waals surface area contributed by atoms with Gasteiger partial charge in [0.15, 0.2) is 5.16 Å². The third kappa shape index (κ3) is 3.93. The quantitative estimate of drug-likeness (QED) is 0.645. The first kappa shape index (κ1) is 15.6. The molecule has 3 rings (SSSR count). The van der Waals surface area contributed by atoms with E-state index in [-0.39, 0.29) is 0 Å². The van der Waals surface area contributed by atoms with Crippen molar-refractivity contribution in [2.24, 2.45) is 0 Å². The molecule has 0 aliphatic heterocycles. The molecule has 0 spiro atoms. The lowest BCUT2D eigenvalue weighted by atomic mass is 10.1. The zero-order valence-electron chi connectivity index (χ0n) is 13.3. The molecular formula is C18H20N4S. The zero-order chi connectivity index (χ0) is 16.1. The third-order valence-electron chi connectivity index (χ3n) is 3.74. The van der Waals surface area contributed by atoms with Gasteiger partial charge in [-0.3, -0.25) is 5.10 Å². The monoisotopic (exact) mass is 324 g/mol. The highest BCUT2D eigenvalue weighted by atomic mass is 32.2. The minimum Gasteiger partial charge on any atom is -0.323 e. The fraction of sp³-hybridized carbons (Fsp3) is 0.222. The van der Waals surface area contributed by atoms with E-state index in [1.54, 1.807) is 11.8 Å². The highest BCUT2D eigenvalue weighted by Crippen LogP contribution is 2.24. The number of aryl methyl sites for hydroxylation is 2. The SMILES string of the molecule is CCc1ccccc1Nc1n[nH]c(SCc2ccccc2C)n1. The van der Waals surface area contributed by atoms with Crippen LogP contribution in [0.4, 0.5) is 11.6 Å². The van der Waals surface area contributed by atoms with Gasteiger partial charge < -0.3 is 5.32 Å². The number of anilines is 2. The Morgan fingerprint density at radius 3 is 2.57 bits per heavy atom. The van der Waals surface area contributed by atoms with Gasteiger partial charge in [0.25, 0.3) is 0 Å². The smallest absolute Gasteiger partial charge is 0.247 e. The van der Waals surface area contributed by atoms with Gasteiger partial charge >= 0.3 is 0 Å². The maximum Gasteiger partial charge on any atom is 0.247 e. The summed E-state index contributed by atoms with van der Waals surface area (Å²) in [4.78, 5) is 4.51. The fourth-order valence-electron chi connectivity index (χ4n) is 2.36. The normalized spacial score (nSPS) is 10.7. The first-order valence-electron chi connectivity index (χ1n) is 7.71. The predicted molar refractivity (Wildman–Crippen MR) is 96.2 cm³/mol. The van der Waals surface area contributed by atoms with Crippen LogP contribution in [0, 0.1) is 6.92 Å². The lowest BCUT2D eigenvalue weighted by Gasteiger charge is -2.06. The molecule has 0 atom stereocenters. The van der Waals surface area contributed by atoms with Crippen LogP contribution < -0.4 is 5.32 Å². The Morgan fingerprint density at radius 2 is 1.78 bits per heavy atom. The number of hydrogen-bond donors (Lipinski definition) is 2. The van der Waals surface area contributed by atoms with Crippen LogP contribution in [0.5, 0.6) is 0 Å². The Balaban J connectivity index is 1.65. The van der Waals surface area contributed by atoms with E-state index in [0.717, 1.165) is 23.0 Å². The van der Waals surface area contributed by atoms with Crippen LogP contribution in [0.25, 0.3) is 0 Å². The Bertz CT molecular complexity index is 782. The summed E-state index contributed by atoms with van der Waals surface area (Å²) in [6.45, 7) is 4.27. The summed E-state index contributed by atoms with van der Waals surface area (Å²) in [6, 6.07) is 16.6. The van der Waals surface area contributed by atoms with E-state index in [9.17, 15) is 0 Å². The number of aromatic nitrogens is 3. The maximum atomic E-state index is 4.51. The van der Waals surface area contributed by atoms with Crippen LogP contribution in [-0.4, -0.2) is 15.2 Å². The van der Waals surface area contributed by atoms with E-state index >= 15 is 0 Å². The maximum absolute atomic E-state index is 4.51. The summed E-state index contributed by atoms with van der Waals surface area (Å²) >= 11 is 1.66. The van der Waals surface area contributed by atoms with Crippen LogP contribution >= 0.6 is 11.8 Å². The molecule has 5 heteroatoms. The molecule has 23 heavy (non-hydrogen) atoms. The molecule has 0 saturated carbocycles. The van der Waals surface area contributed by atoms with Gasteiger partial charge in [0.1, 0.15) is 0 Å². The molecule has 2 N–H and O–H groups in total. The second kappa shape index (κ2) is 7.33. The van der Waals surface area contributed by atoms with Crippen molar-refractivity contribution >= 4 is 23.4 Å². The van der Waals surface area contributed by atoms with Gasteiger partial charge in [-0.05, 0) is 36.1 Å². The molecule has 1 aromatic heterocycles. The molecule has 3 aromatic rings. The third-order valence-corrected chi connectivity index (χ3v) is 4.65. The summed E-state index contributed by atoms with van der Waals surface area (Å²) in [5.74, 6) is 1.49. The van der Waals surface area contributed by atoms with Gasteiger partial charge in [-0.1, -0.05) is 61.2 Å². The molecule has 0 amide bonds. The predicted octanol–water partition coefficient (Wildman–Crippen LogP) is 4.71. The van der Waals surface area contributed by atoms with Gasteiger partial charge in [-0.15, -0.1) is 5.10 Å². The number of aromatic amines is 1. The van der Waals surface area contributed by atoms with E-state index in [0.29, 0.717) is 5.95 Å². The summed E-state index contributed by atoms with van der Waals surface area (Å²) in [5.41, 5.74) is 4.94. The molecular weight excluding hydrogens is 304 g/mol. The molecule has 0 aliphatic rings. The minimum absolute atomic E-state index is 0.609. The topological polar surface area (TPSA) is 53.6 Å². The zero-order valence-corrected chi connectivity index (χ0v) is 14.2. The summed E-state index contributed by atoms with van der Waals surface area (Å²) in [7, 11) is 0. The molecule has 0 unspecified atom stereocenters. The number of para-hydroxylation sites is 1. The molecule has 2 aromatic carbocycles. The van der Waals surface area contributed by atoms with Gasteiger partial charge in [0, 0.05) is 11.4 Å². The number of nitrogens with zero attached hydrogens (tertiary/aromatic N) is 2. The molecule has 0 bridgehead atoms. The number of benzene rings is 2. The van der Waals surface area contributed by atoms with Gasteiger partial charge in [-0.25, -0.2) is 0 Å². The number of nitrogens with one attached hydrogen (secondary N) is 2. The first-order chi connectivity index (χ1) is 11.3. The summed E-state index contributed by atoms with van der Waals surface area (Å²) in [6.07, 6.45) is 0.975. The van der Waals surface area contributed by atoms with Crippen molar-refractivity contribution in [3.63, 3.8) is 0 Å². The Kier molecular flexibility index (Phi) is 4.98. The summed E-state index contributed by atoms with van der Waals surface area (Å²) in [5, 5.41) is 11.4. The van der Waals surface area contributed by atoms with E-state index in [4.69, 9.17) is 0 Å². The second-order valence-electron chi connectivity index (χ2n) is 5.32. The fourth-order valence-corrected chi connectivity index (χ4v) is 3.23. The minimum atomic E-state index is 0.609. The van der Waals surface area contributed by atoms with Gasteiger partial charge in [-0.2, -0.15) is 4.98 Å². The number of H-pyrrole nitrogens is 1. The van der Waals surface area contributed by atoms with Crippen molar-refractivity contribution < 1.29 is 0 Å². The highest BCUT2D eigenvalue weighted by Gasteiger charge is 2.07. The summed E-state index contributed by atoms with van der Waals surface area (Å²) < 4.78 is 0. The van der Waals surface area contributed by atoms with Gasteiger partial charge in [0.2, 0.25) is 5.95 Å². The molecule has 0 saturated heterocycles. The molecule has 4 nitrogen and oxygen atoms in total. The van der Waals surface area contributed by atoms with Crippen molar-refractivity contribution in [2.75, 3.05) is 5.32 Å². The number of hydrogen-bond acceptors (Lipinski definition) is 4. The molecule has 0 radical (unpaired) electrons. The highest BCUT2D eigenvalue weighted by molar-refractivity contribution is 7.98. The lowest BCUT2D eigenvalue weighted by molar-refractivity contribution is 0.973. The van der Waals surface area contributed by atoms with Crippen molar-refractivity contribution in [3.05, 3.63) is 65.2 Å². The Morgan fingerprint density at radius 1 is 1.04 bits per heavy atom. The number of thioether (sulfide) groups is 1. The van der Waals surface area contributed by atoms with Crippen molar-refractivity contribution in [2.45, 2.75) is 31.2 Å². The lowest BCUT2D eigenvalue weighted by Crippen LogP contribution is -1.96. The first-order valence-corrected chi connectivity index (χ1v) is 8.69. The molecule has 0 fully saturated rings. The van der Waals surface area contributed by atoms with Crippen molar-refractivity contribution in [1.82, 2.24) is 15.2 Å².